The molecule has 1 heterocycles. The molecule has 1 amide bonds. The topological polar surface area (TPSA) is 115 Å². The van der Waals surface area contributed by atoms with Gasteiger partial charge in [-0.1, -0.05) is 6.08 Å². The zero-order chi connectivity index (χ0) is 10.6. The van der Waals surface area contributed by atoms with Crippen molar-refractivity contribution < 1.29 is 9.72 Å². The molecule has 7 heteroatoms. The van der Waals surface area contributed by atoms with Gasteiger partial charge in [-0.25, -0.2) is 9.97 Å². The summed E-state index contributed by atoms with van der Waals surface area (Å²) in [5.41, 5.74) is 4.88. The molecule has 0 unspecified atom stereocenters. The van der Waals surface area contributed by atoms with Gasteiger partial charge in [-0.15, -0.1) is 0 Å². The molecule has 0 saturated carbocycles. The van der Waals surface area contributed by atoms with E-state index in [-0.39, 0.29) is 12.2 Å². The predicted octanol–water partition coefficient (Wildman–Crippen LogP) is 0.206. The smallest absolute Gasteiger partial charge is 0.340 e. The van der Waals surface area contributed by atoms with Gasteiger partial charge >= 0.3 is 5.82 Å². The maximum Gasteiger partial charge on any atom is 0.340 e. The molecular formula is C7H8N4O3. The normalized spacial score (nSPS) is 10.6. The SMILES string of the molecule is NC(=O)CC=Cc1ncc([N+](=O)[O-])[nH]1. The number of nitrogens with zero attached hydrogens (tertiary/aromatic N) is 2. The fourth-order valence-electron chi connectivity index (χ4n) is 0.791. The monoisotopic (exact) mass is 196 g/mol. The van der Waals surface area contributed by atoms with Crippen molar-refractivity contribution in [2.24, 2.45) is 5.73 Å². The van der Waals surface area contributed by atoms with E-state index in [1.165, 1.54) is 12.2 Å². The maximum absolute atomic E-state index is 10.3. The van der Waals surface area contributed by atoms with Gasteiger partial charge in [-0.2, -0.15) is 0 Å². The second kappa shape index (κ2) is 4.17. The quantitative estimate of drug-likeness (QED) is 0.528. The Balaban J connectivity index is 2.64. The molecule has 1 rings (SSSR count). The lowest BCUT2D eigenvalue weighted by Crippen LogP contribution is -2.07. The molecule has 0 bridgehead atoms. The van der Waals surface area contributed by atoms with Crippen LogP contribution < -0.4 is 5.73 Å². The fourth-order valence-corrected chi connectivity index (χ4v) is 0.791. The Labute approximate surface area is 78.8 Å². The minimum atomic E-state index is -0.585. The van der Waals surface area contributed by atoms with E-state index < -0.39 is 10.8 Å². The van der Waals surface area contributed by atoms with Crippen molar-refractivity contribution >= 4 is 17.8 Å². The summed E-state index contributed by atoms with van der Waals surface area (Å²) in [4.78, 5) is 26.1. The first-order valence-electron chi connectivity index (χ1n) is 3.74. The van der Waals surface area contributed by atoms with Gasteiger partial charge in [0.2, 0.25) is 11.7 Å². The third-order valence-corrected chi connectivity index (χ3v) is 1.37. The number of nitro groups is 1. The molecule has 14 heavy (non-hydrogen) atoms. The second-order valence-corrected chi connectivity index (χ2v) is 2.48. The van der Waals surface area contributed by atoms with Crippen LogP contribution in [0.1, 0.15) is 12.2 Å². The molecule has 0 aromatic carbocycles. The van der Waals surface area contributed by atoms with E-state index >= 15 is 0 Å². The number of imidazole rings is 1. The standard InChI is InChI=1S/C7H8N4O3/c8-5(12)2-1-3-6-9-4-7(10-6)11(13)14/h1,3-4H,2H2,(H2,8,12)(H,9,10). The van der Waals surface area contributed by atoms with Crippen molar-refractivity contribution in [1.82, 2.24) is 9.97 Å². The number of H-pyrrole nitrogens is 1. The van der Waals surface area contributed by atoms with Crippen molar-refractivity contribution in [2.75, 3.05) is 0 Å². The Kier molecular flexibility index (Phi) is 2.95. The van der Waals surface area contributed by atoms with Crippen LogP contribution in [-0.4, -0.2) is 20.8 Å². The van der Waals surface area contributed by atoms with Gasteiger partial charge in [0.05, 0.1) is 0 Å². The van der Waals surface area contributed by atoms with Crippen LogP contribution in [0.4, 0.5) is 5.82 Å². The van der Waals surface area contributed by atoms with E-state index in [1.54, 1.807) is 0 Å². The average Bonchev–Trinajstić information content (AvgIpc) is 2.52. The van der Waals surface area contributed by atoms with Crippen LogP contribution >= 0.6 is 0 Å². The van der Waals surface area contributed by atoms with Crippen LogP contribution in [0.25, 0.3) is 6.08 Å². The molecule has 0 saturated heterocycles. The van der Waals surface area contributed by atoms with E-state index in [1.807, 2.05) is 0 Å². The van der Waals surface area contributed by atoms with Gasteiger partial charge in [-0.3, -0.25) is 4.79 Å². The first-order valence-corrected chi connectivity index (χ1v) is 3.74. The highest BCUT2D eigenvalue weighted by molar-refractivity contribution is 5.76. The number of carbonyl (C=O) groups is 1. The van der Waals surface area contributed by atoms with Crippen LogP contribution in [0, 0.1) is 10.1 Å². The largest absolute Gasteiger partial charge is 0.369 e. The van der Waals surface area contributed by atoms with Gasteiger partial charge in [-0.05, 0) is 4.92 Å². The summed E-state index contributed by atoms with van der Waals surface area (Å²) in [6, 6.07) is 0. The molecule has 0 aliphatic heterocycles. The van der Waals surface area contributed by atoms with E-state index in [2.05, 4.69) is 9.97 Å². The first-order chi connectivity index (χ1) is 6.59. The molecular weight excluding hydrogens is 188 g/mol. The molecule has 1 aromatic rings. The molecule has 0 radical (unpaired) electrons. The van der Waals surface area contributed by atoms with Crippen molar-refractivity contribution in [3.63, 3.8) is 0 Å². The number of carbonyl (C=O) groups excluding carboxylic acids is 1. The van der Waals surface area contributed by atoms with Gasteiger partial charge in [0.15, 0.2) is 0 Å². The van der Waals surface area contributed by atoms with Crippen molar-refractivity contribution in [1.29, 1.82) is 0 Å². The third kappa shape index (κ3) is 2.70. The fraction of sp³-hybridized carbons (Fsp3) is 0.143. The van der Waals surface area contributed by atoms with E-state index in [4.69, 9.17) is 5.73 Å². The number of nitrogens with two attached hydrogens (primary N) is 1. The lowest BCUT2D eigenvalue weighted by molar-refractivity contribution is -0.389. The molecule has 0 spiro atoms. The van der Waals surface area contributed by atoms with Crippen LogP contribution in [-0.2, 0) is 4.79 Å². The van der Waals surface area contributed by atoms with E-state index in [9.17, 15) is 14.9 Å². The number of nitrogens with one attached hydrogen (secondary N) is 1. The van der Waals surface area contributed by atoms with Gasteiger partial charge in [0.25, 0.3) is 0 Å². The summed E-state index contributed by atoms with van der Waals surface area (Å²) in [5, 5.41) is 10.2. The second-order valence-electron chi connectivity index (χ2n) is 2.48. The number of aromatic amines is 1. The number of hydrogen-bond donors (Lipinski definition) is 2. The molecule has 3 N–H and O–H groups in total. The lowest BCUT2D eigenvalue weighted by atomic mass is 10.3. The number of hydrogen-bond acceptors (Lipinski definition) is 4. The summed E-state index contributed by atoms with van der Waals surface area (Å²) in [6.07, 6.45) is 4.11. The first kappa shape index (κ1) is 9.90. The molecule has 7 nitrogen and oxygen atoms in total. The lowest BCUT2D eigenvalue weighted by Gasteiger charge is -1.85. The zero-order valence-corrected chi connectivity index (χ0v) is 7.14. The average molecular weight is 196 g/mol. The zero-order valence-electron chi connectivity index (χ0n) is 7.14. The summed E-state index contributed by atoms with van der Waals surface area (Å²) in [5.74, 6) is -0.344. The summed E-state index contributed by atoms with van der Waals surface area (Å²) < 4.78 is 0. The highest BCUT2D eigenvalue weighted by atomic mass is 16.6. The van der Waals surface area contributed by atoms with Crippen LogP contribution in [0.5, 0.6) is 0 Å². The van der Waals surface area contributed by atoms with Crippen molar-refractivity contribution in [3.05, 3.63) is 28.2 Å². The van der Waals surface area contributed by atoms with Crippen molar-refractivity contribution in [2.45, 2.75) is 6.42 Å². The van der Waals surface area contributed by atoms with Gasteiger partial charge in [0.1, 0.15) is 6.20 Å². The summed E-state index contributed by atoms with van der Waals surface area (Å²) in [7, 11) is 0. The molecule has 0 fully saturated rings. The Bertz CT molecular complexity index is 382. The van der Waals surface area contributed by atoms with E-state index in [0.717, 1.165) is 6.20 Å². The molecule has 0 aliphatic carbocycles. The summed E-state index contributed by atoms with van der Waals surface area (Å²) in [6.45, 7) is 0. The predicted molar refractivity (Wildman–Crippen MR) is 48.1 cm³/mol. The van der Waals surface area contributed by atoms with Crippen LogP contribution in [0.3, 0.4) is 0 Å². The number of primary amides is 1. The van der Waals surface area contributed by atoms with E-state index in [0.29, 0.717) is 5.82 Å². The Morgan fingerprint density at radius 1 is 1.79 bits per heavy atom. The summed E-state index contributed by atoms with van der Waals surface area (Å²) >= 11 is 0. The van der Waals surface area contributed by atoms with Crippen LogP contribution in [0.2, 0.25) is 0 Å². The number of rotatable bonds is 4. The molecule has 1 aromatic heterocycles. The molecule has 0 atom stereocenters. The minimum absolute atomic E-state index is 0.0779. The van der Waals surface area contributed by atoms with Crippen LogP contribution in [0.15, 0.2) is 12.3 Å². The minimum Gasteiger partial charge on any atom is -0.369 e. The highest BCUT2D eigenvalue weighted by Gasteiger charge is 2.06. The molecule has 0 aliphatic rings. The number of aromatic nitrogens is 2. The Hall–Kier alpha value is -2.18. The molecule has 74 valence electrons. The third-order valence-electron chi connectivity index (χ3n) is 1.37. The van der Waals surface area contributed by atoms with Gasteiger partial charge in [0, 0.05) is 12.5 Å². The highest BCUT2D eigenvalue weighted by Crippen LogP contribution is 2.07. The number of amides is 1. The Morgan fingerprint density at radius 3 is 3.00 bits per heavy atom. The van der Waals surface area contributed by atoms with Gasteiger partial charge < -0.3 is 15.8 Å². The Morgan fingerprint density at radius 2 is 2.50 bits per heavy atom. The maximum atomic E-state index is 10.3. The van der Waals surface area contributed by atoms with Crippen molar-refractivity contribution in [3.8, 4) is 0 Å².